The van der Waals surface area contributed by atoms with Gasteiger partial charge in [-0.25, -0.2) is 4.39 Å². The fourth-order valence-corrected chi connectivity index (χ4v) is 5.76. The lowest BCUT2D eigenvalue weighted by atomic mass is 10.0. The Balaban J connectivity index is 0.000000477. The summed E-state index contributed by atoms with van der Waals surface area (Å²) in [7, 11) is 5.52. The molecule has 0 amide bonds. The molecule has 1 atom stereocenters. The van der Waals surface area contributed by atoms with Crippen LogP contribution in [0.25, 0.3) is 32.9 Å². The van der Waals surface area contributed by atoms with Crippen LogP contribution in [-0.4, -0.2) is 78.2 Å². The van der Waals surface area contributed by atoms with E-state index in [0.29, 0.717) is 28.3 Å². The van der Waals surface area contributed by atoms with Gasteiger partial charge >= 0.3 is 6.01 Å². The van der Waals surface area contributed by atoms with Crippen molar-refractivity contribution in [1.29, 1.82) is 5.26 Å². The number of anilines is 1. The van der Waals surface area contributed by atoms with Crippen LogP contribution in [0.15, 0.2) is 42.6 Å². The summed E-state index contributed by atoms with van der Waals surface area (Å²) in [5.41, 5.74) is 0.872. The van der Waals surface area contributed by atoms with E-state index in [-0.39, 0.29) is 23.3 Å². The van der Waals surface area contributed by atoms with E-state index in [0.717, 1.165) is 30.2 Å². The first kappa shape index (κ1) is 27.8. The van der Waals surface area contributed by atoms with Crippen molar-refractivity contribution in [3.05, 3.63) is 53.4 Å². The zero-order valence-corrected chi connectivity index (χ0v) is 23.8. The number of halogens is 2. The Morgan fingerprint density at radius 2 is 1.85 bits per heavy atom. The van der Waals surface area contributed by atoms with Gasteiger partial charge < -0.3 is 19.4 Å². The van der Waals surface area contributed by atoms with Gasteiger partial charge in [0, 0.05) is 48.3 Å². The molecule has 2 aromatic carbocycles. The maximum absolute atomic E-state index is 16.0. The van der Waals surface area contributed by atoms with Gasteiger partial charge in [0.2, 0.25) is 0 Å². The average molecular weight is 562 g/mol. The molecule has 40 heavy (non-hydrogen) atoms. The maximum Gasteiger partial charge on any atom is 0.318 e. The molecule has 2 aliphatic rings. The Morgan fingerprint density at radius 3 is 2.52 bits per heavy atom. The van der Waals surface area contributed by atoms with Gasteiger partial charge in [0.25, 0.3) is 0 Å². The number of piperidine rings is 1. The third-order valence-electron chi connectivity index (χ3n) is 7.68. The second kappa shape index (κ2) is 12.2. The van der Waals surface area contributed by atoms with Crippen LogP contribution in [-0.2, 0) is 0 Å². The Kier molecular flexibility index (Phi) is 8.48. The largest absolute Gasteiger partial charge is 0.467 e. The number of ether oxygens (including phenoxy) is 1. The van der Waals surface area contributed by atoms with Crippen molar-refractivity contribution in [2.75, 3.05) is 52.3 Å². The smallest absolute Gasteiger partial charge is 0.318 e. The molecule has 0 N–H and O–H groups in total. The zero-order chi connectivity index (χ0) is 28.2. The van der Waals surface area contributed by atoms with Gasteiger partial charge in [0.15, 0.2) is 12.0 Å². The van der Waals surface area contributed by atoms with Crippen LogP contribution in [0.2, 0.25) is 5.02 Å². The van der Waals surface area contributed by atoms with Crippen LogP contribution in [0.4, 0.5) is 10.2 Å². The summed E-state index contributed by atoms with van der Waals surface area (Å²) in [6, 6.07) is 11.2. The van der Waals surface area contributed by atoms with Gasteiger partial charge in [-0.15, -0.1) is 0 Å². The lowest BCUT2D eigenvalue weighted by molar-refractivity contribution is 0.286. The predicted octanol–water partition coefficient (Wildman–Crippen LogP) is 5.74. The van der Waals surface area contributed by atoms with Gasteiger partial charge in [-0.05, 0) is 57.3 Å². The molecule has 0 radical (unpaired) electrons. The van der Waals surface area contributed by atoms with Gasteiger partial charge in [0.05, 0.1) is 12.5 Å². The maximum atomic E-state index is 16.0. The van der Waals surface area contributed by atoms with Gasteiger partial charge in [0.1, 0.15) is 17.0 Å². The van der Waals surface area contributed by atoms with Crippen molar-refractivity contribution >= 4 is 39.1 Å². The minimum Gasteiger partial charge on any atom is -0.467 e. The van der Waals surface area contributed by atoms with E-state index in [1.54, 1.807) is 23.2 Å². The number of fused-ring (bicyclic) bond motifs is 2. The quantitative estimate of drug-likeness (QED) is 0.292. The van der Waals surface area contributed by atoms with E-state index >= 15 is 4.39 Å². The molecule has 1 unspecified atom stereocenters. The highest BCUT2D eigenvalue weighted by molar-refractivity contribution is 6.36. The first-order chi connectivity index (χ1) is 19.4. The number of methoxy groups -OCH3 is 1. The van der Waals surface area contributed by atoms with Crippen molar-refractivity contribution in [2.24, 2.45) is 0 Å². The molecule has 6 rings (SSSR count). The summed E-state index contributed by atoms with van der Waals surface area (Å²) < 4.78 is 21.3. The second-order valence-electron chi connectivity index (χ2n) is 10.3. The van der Waals surface area contributed by atoms with E-state index < -0.39 is 5.82 Å². The number of rotatable bonds is 4. The lowest BCUT2D eigenvalue weighted by Gasteiger charge is -2.36. The van der Waals surface area contributed by atoms with E-state index in [4.69, 9.17) is 16.3 Å². The molecule has 2 aromatic heterocycles. The Hall–Kier alpha value is -3.74. The first-order valence-electron chi connectivity index (χ1n) is 13.5. The van der Waals surface area contributed by atoms with E-state index in [2.05, 4.69) is 33.1 Å². The topological polar surface area (TPSA) is 81.4 Å². The number of nitriles is 1. The summed E-state index contributed by atoms with van der Waals surface area (Å²) in [5, 5.41) is 12.0. The second-order valence-corrected chi connectivity index (χ2v) is 10.7. The fraction of sp³-hybridized carbons (Fsp3) is 0.400. The molecule has 10 heteroatoms. The highest BCUT2D eigenvalue weighted by Crippen LogP contribution is 2.37. The number of aromatic nitrogens is 3. The van der Waals surface area contributed by atoms with Crippen LogP contribution in [0.3, 0.4) is 0 Å². The van der Waals surface area contributed by atoms with E-state index in [1.165, 1.54) is 33.0 Å². The predicted molar refractivity (Wildman–Crippen MR) is 157 cm³/mol. The molecule has 2 saturated heterocycles. The average Bonchev–Trinajstić information content (AvgIpc) is 3.47. The molecule has 4 aromatic rings. The third-order valence-corrected chi connectivity index (χ3v) is 8.00. The SMILES string of the molecule is CN1CCCC1.COc1nc(N(C)C2CCCN(C#N)C2)c2cnc(-c3cccc4cccc(Cl)c34)c(F)c2n1. The number of hydrogen-bond acceptors (Lipinski definition) is 8. The molecule has 0 bridgehead atoms. The number of likely N-dealkylation sites (tertiary alicyclic amines) is 2. The molecule has 0 aliphatic carbocycles. The summed E-state index contributed by atoms with van der Waals surface area (Å²) in [5.74, 6) is -0.0527. The number of benzene rings is 2. The van der Waals surface area contributed by atoms with Gasteiger partial charge in [-0.2, -0.15) is 15.2 Å². The van der Waals surface area contributed by atoms with Crippen LogP contribution >= 0.6 is 11.6 Å². The molecular formula is C30H33ClFN7O. The van der Waals surface area contributed by atoms with Crippen molar-refractivity contribution in [3.63, 3.8) is 0 Å². The summed E-state index contributed by atoms with van der Waals surface area (Å²) in [6.07, 6.45) is 8.43. The molecule has 8 nitrogen and oxygen atoms in total. The molecular weight excluding hydrogens is 529 g/mol. The molecule has 0 spiro atoms. The van der Waals surface area contributed by atoms with Crippen LogP contribution in [0.5, 0.6) is 6.01 Å². The monoisotopic (exact) mass is 561 g/mol. The minimum atomic E-state index is -0.567. The molecule has 208 valence electrons. The van der Waals surface area contributed by atoms with Gasteiger partial charge in [-0.1, -0.05) is 41.9 Å². The van der Waals surface area contributed by atoms with E-state index in [1.807, 2.05) is 36.2 Å². The number of pyridine rings is 1. The number of likely N-dealkylation sites (N-methyl/N-ethyl adjacent to an activating group) is 1. The standard InChI is InChI=1S/C25H22ClFN6O.C5H11N/c1-32(16-8-5-11-33(13-16)14-28)24-18-12-29-22(21(27)23(18)30-25(31-24)34-2)17-9-3-6-15-7-4-10-19(26)20(15)17;1-6-4-2-3-5-6/h3-4,6-7,9-10,12,16H,5,8,11,13H2,1-2H3;2-5H2,1H3. The number of hydrogen-bond donors (Lipinski definition) is 0. The summed E-state index contributed by atoms with van der Waals surface area (Å²) in [6.45, 7) is 3.95. The molecule has 2 aliphatic heterocycles. The summed E-state index contributed by atoms with van der Waals surface area (Å²) in [4.78, 5) is 19.4. The van der Waals surface area contributed by atoms with E-state index in [9.17, 15) is 5.26 Å². The van der Waals surface area contributed by atoms with Crippen molar-refractivity contribution < 1.29 is 9.13 Å². The highest BCUT2D eigenvalue weighted by atomic mass is 35.5. The third kappa shape index (κ3) is 5.60. The Labute approximate surface area is 239 Å². The van der Waals surface area contributed by atoms with Crippen molar-refractivity contribution in [3.8, 4) is 23.5 Å². The normalized spacial score (nSPS) is 17.4. The molecule has 4 heterocycles. The van der Waals surface area contributed by atoms with Crippen LogP contribution in [0.1, 0.15) is 25.7 Å². The zero-order valence-electron chi connectivity index (χ0n) is 23.1. The van der Waals surface area contributed by atoms with Crippen molar-refractivity contribution in [2.45, 2.75) is 31.7 Å². The highest BCUT2D eigenvalue weighted by Gasteiger charge is 2.27. The Bertz CT molecular complexity index is 1550. The summed E-state index contributed by atoms with van der Waals surface area (Å²) >= 11 is 6.48. The first-order valence-corrected chi connectivity index (χ1v) is 13.9. The Morgan fingerprint density at radius 1 is 1.10 bits per heavy atom. The molecule has 2 fully saturated rings. The molecule has 0 saturated carbocycles. The fourth-order valence-electron chi connectivity index (χ4n) is 5.47. The van der Waals surface area contributed by atoms with Crippen LogP contribution in [0, 0.1) is 17.3 Å². The van der Waals surface area contributed by atoms with Crippen LogP contribution < -0.4 is 9.64 Å². The lowest BCUT2D eigenvalue weighted by Crippen LogP contribution is -2.45. The number of nitrogens with zero attached hydrogens (tertiary/aromatic N) is 7. The minimum absolute atomic E-state index is 0.0378. The van der Waals surface area contributed by atoms with Gasteiger partial charge in [-0.3, -0.25) is 4.98 Å². The van der Waals surface area contributed by atoms with Crippen molar-refractivity contribution in [1.82, 2.24) is 24.8 Å².